The molecule has 0 aliphatic rings. The monoisotopic (exact) mass is 641 g/mol. The maximum Gasteiger partial charge on any atom is 0.306 e. The van der Waals surface area contributed by atoms with Gasteiger partial charge >= 0.3 is 11.9 Å². The summed E-state index contributed by atoms with van der Waals surface area (Å²) in [6.07, 6.45) is 51.0. The van der Waals surface area contributed by atoms with Gasteiger partial charge in [-0.05, 0) is 83.5 Å². The summed E-state index contributed by atoms with van der Waals surface area (Å²) in [5.41, 5.74) is 0. The number of ether oxygens (including phenoxy) is 1. The largest absolute Gasteiger partial charge is 0.481 e. The first kappa shape index (κ1) is 43.6. The number of allylic oxidation sites excluding steroid dienone is 10. The van der Waals surface area contributed by atoms with Crippen molar-refractivity contribution in [3.8, 4) is 0 Å². The maximum atomic E-state index is 12.6. The van der Waals surface area contributed by atoms with E-state index in [1.165, 1.54) is 57.8 Å². The molecule has 0 saturated heterocycles. The topological polar surface area (TPSA) is 63.6 Å². The van der Waals surface area contributed by atoms with Crippen LogP contribution in [-0.4, -0.2) is 23.1 Å². The zero-order valence-electron chi connectivity index (χ0n) is 30.1. The summed E-state index contributed by atoms with van der Waals surface area (Å²) in [5.74, 6) is -0.726. The minimum atomic E-state index is -0.706. The number of esters is 1. The fraction of sp³-hybridized carbons (Fsp3) is 0.714. The average molecular weight is 641 g/mol. The van der Waals surface area contributed by atoms with Crippen LogP contribution in [0.1, 0.15) is 187 Å². The Labute approximate surface area is 284 Å². The van der Waals surface area contributed by atoms with Crippen molar-refractivity contribution in [1.82, 2.24) is 0 Å². The van der Waals surface area contributed by atoms with Crippen molar-refractivity contribution in [1.29, 1.82) is 0 Å². The summed E-state index contributed by atoms with van der Waals surface area (Å²) < 4.78 is 5.96. The molecule has 0 amide bonds. The lowest BCUT2D eigenvalue weighted by Crippen LogP contribution is -2.18. The summed E-state index contributed by atoms with van der Waals surface area (Å²) in [7, 11) is 0. The van der Waals surface area contributed by atoms with Gasteiger partial charge in [0, 0.05) is 12.8 Å². The Morgan fingerprint density at radius 1 is 0.500 bits per heavy atom. The van der Waals surface area contributed by atoms with E-state index in [2.05, 4.69) is 74.6 Å². The minimum Gasteiger partial charge on any atom is -0.481 e. The molecule has 0 spiro atoms. The van der Waals surface area contributed by atoms with Crippen molar-refractivity contribution < 1.29 is 19.4 Å². The van der Waals surface area contributed by atoms with E-state index in [1.54, 1.807) is 0 Å². The Morgan fingerprint density at radius 3 is 1.41 bits per heavy atom. The van der Waals surface area contributed by atoms with Crippen molar-refractivity contribution in [2.24, 2.45) is 0 Å². The van der Waals surface area contributed by atoms with Crippen LogP contribution in [-0.2, 0) is 14.3 Å². The zero-order valence-corrected chi connectivity index (χ0v) is 30.1. The van der Waals surface area contributed by atoms with Crippen LogP contribution in [0.25, 0.3) is 0 Å². The van der Waals surface area contributed by atoms with E-state index in [9.17, 15) is 9.59 Å². The van der Waals surface area contributed by atoms with Gasteiger partial charge in [0.25, 0.3) is 0 Å². The quantitative estimate of drug-likeness (QED) is 0.0432. The Kier molecular flexibility index (Phi) is 35.2. The van der Waals surface area contributed by atoms with Crippen LogP contribution in [0.2, 0.25) is 0 Å². The lowest BCUT2D eigenvalue weighted by molar-refractivity contribution is -0.150. The molecule has 4 nitrogen and oxygen atoms in total. The molecule has 46 heavy (non-hydrogen) atoms. The number of hydrogen-bond donors (Lipinski definition) is 1. The Hall–Kier alpha value is -2.36. The molecule has 0 aliphatic carbocycles. The molecule has 4 heteroatoms. The van der Waals surface area contributed by atoms with Crippen molar-refractivity contribution in [3.63, 3.8) is 0 Å². The van der Waals surface area contributed by atoms with Crippen LogP contribution in [0.3, 0.4) is 0 Å². The minimum absolute atomic E-state index is 0.0202. The smallest absolute Gasteiger partial charge is 0.306 e. The number of carbonyl (C=O) groups is 2. The van der Waals surface area contributed by atoms with Gasteiger partial charge in [-0.2, -0.15) is 0 Å². The summed E-state index contributed by atoms with van der Waals surface area (Å²) in [6.45, 7) is 4.41. The second-order valence-corrected chi connectivity index (χ2v) is 12.7. The van der Waals surface area contributed by atoms with Crippen LogP contribution in [0.15, 0.2) is 60.8 Å². The van der Waals surface area contributed by atoms with Crippen molar-refractivity contribution in [2.45, 2.75) is 193 Å². The highest BCUT2D eigenvalue weighted by Gasteiger charge is 2.14. The number of carboxylic acids is 1. The van der Waals surface area contributed by atoms with E-state index in [0.29, 0.717) is 6.42 Å². The molecule has 0 aromatic rings. The van der Waals surface area contributed by atoms with Gasteiger partial charge in [0.1, 0.15) is 6.10 Å². The van der Waals surface area contributed by atoms with Gasteiger partial charge in [-0.3, -0.25) is 9.59 Å². The molecule has 0 aromatic heterocycles. The average Bonchev–Trinajstić information content (AvgIpc) is 3.04. The fourth-order valence-corrected chi connectivity index (χ4v) is 5.45. The second kappa shape index (κ2) is 37.1. The predicted molar refractivity (Wildman–Crippen MR) is 199 cm³/mol. The van der Waals surface area contributed by atoms with Crippen LogP contribution in [0.5, 0.6) is 0 Å². The molecule has 1 atom stereocenters. The van der Waals surface area contributed by atoms with Crippen LogP contribution < -0.4 is 0 Å². The number of rotatable bonds is 34. The van der Waals surface area contributed by atoms with E-state index in [-0.39, 0.29) is 18.5 Å². The van der Waals surface area contributed by atoms with Crippen molar-refractivity contribution in [3.05, 3.63) is 60.8 Å². The molecular formula is C42H72O4. The SMILES string of the molecule is CC/C=C\C/C=C\C/C=C\C/C=C\C/C=C\CCCCCCCC(=O)OC(CCCCCCCCC)CCCCCCCC(=O)O. The molecule has 0 saturated carbocycles. The zero-order chi connectivity index (χ0) is 33.6. The van der Waals surface area contributed by atoms with E-state index in [0.717, 1.165) is 103 Å². The Morgan fingerprint density at radius 2 is 0.913 bits per heavy atom. The van der Waals surface area contributed by atoms with Gasteiger partial charge in [0.05, 0.1) is 0 Å². The van der Waals surface area contributed by atoms with E-state index < -0.39 is 5.97 Å². The molecule has 1 unspecified atom stereocenters. The van der Waals surface area contributed by atoms with Gasteiger partial charge in [-0.1, -0.05) is 152 Å². The van der Waals surface area contributed by atoms with Crippen molar-refractivity contribution in [2.75, 3.05) is 0 Å². The van der Waals surface area contributed by atoms with Gasteiger partial charge in [-0.25, -0.2) is 0 Å². The lowest BCUT2D eigenvalue weighted by atomic mass is 10.0. The van der Waals surface area contributed by atoms with Gasteiger partial charge in [0.2, 0.25) is 0 Å². The molecule has 264 valence electrons. The fourth-order valence-electron chi connectivity index (χ4n) is 5.45. The first-order valence-electron chi connectivity index (χ1n) is 19.3. The molecular weight excluding hydrogens is 568 g/mol. The predicted octanol–water partition coefficient (Wildman–Crippen LogP) is 13.3. The van der Waals surface area contributed by atoms with E-state index in [4.69, 9.17) is 9.84 Å². The summed E-state index contributed by atoms with van der Waals surface area (Å²) in [6, 6.07) is 0. The molecule has 0 fully saturated rings. The van der Waals surface area contributed by atoms with E-state index >= 15 is 0 Å². The number of aliphatic carboxylic acids is 1. The first-order valence-corrected chi connectivity index (χ1v) is 19.3. The Bertz CT molecular complexity index is 820. The van der Waals surface area contributed by atoms with Crippen LogP contribution >= 0.6 is 0 Å². The molecule has 0 aromatic carbocycles. The number of unbranched alkanes of at least 4 members (excludes halogenated alkanes) is 15. The maximum absolute atomic E-state index is 12.6. The standard InChI is InChI=1S/C42H72O4/c1-3-5-7-9-11-12-13-14-15-16-17-18-19-20-21-22-23-24-26-31-35-39-42(45)46-40(36-32-28-25-10-8-6-4-2)37-33-29-27-30-34-38-41(43)44/h5,7,11-12,14-15,17-18,20-21,40H,3-4,6,8-10,13,16,19,22-39H2,1-2H3,(H,43,44)/b7-5-,12-11-,15-14-,18-17-,21-20-. The third kappa shape index (κ3) is 36.1. The summed E-state index contributed by atoms with van der Waals surface area (Å²) in [5, 5.41) is 8.79. The first-order chi connectivity index (χ1) is 22.6. The number of carbonyl (C=O) groups excluding carboxylic acids is 1. The van der Waals surface area contributed by atoms with Gasteiger partial charge < -0.3 is 9.84 Å². The highest BCUT2D eigenvalue weighted by atomic mass is 16.5. The third-order valence-corrected chi connectivity index (χ3v) is 8.25. The van der Waals surface area contributed by atoms with Crippen LogP contribution in [0.4, 0.5) is 0 Å². The molecule has 0 aliphatic heterocycles. The van der Waals surface area contributed by atoms with E-state index in [1.807, 2.05) is 0 Å². The van der Waals surface area contributed by atoms with Gasteiger partial charge in [0.15, 0.2) is 0 Å². The third-order valence-electron chi connectivity index (χ3n) is 8.25. The normalized spacial score (nSPS) is 12.9. The summed E-state index contributed by atoms with van der Waals surface area (Å²) >= 11 is 0. The molecule has 1 N–H and O–H groups in total. The molecule has 0 bridgehead atoms. The highest BCUT2D eigenvalue weighted by Crippen LogP contribution is 2.18. The molecule has 0 rings (SSSR count). The number of hydrogen-bond acceptors (Lipinski definition) is 3. The Balaban J connectivity index is 3.96. The van der Waals surface area contributed by atoms with Crippen LogP contribution in [0, 0.1) is 0 Å². The highest BCUT2D eigenvalue weighted by molar-refractivity contribution is 5.69. The van der Waals surface area contributed by atoms with Gasteiger partial charge in [-0.15, -0.1) is 0 Å². The summed E-state index contributed by atoms with van der Waals surface area (Å²) in [4.78, 5) is 23.3. The lowest BCUT2D eigenvalue weighted by Gasteiger charge is -2.18. The number of carboxylic acid groups (broad SMARTS) is 1. The van der Waals surface area contributed by atoms with Crippen molar-refractivity contribution >= 4 is 11.9 Å². The second-order valence-electron chi connectivity index (χ2n) is 12.7. The molecule has 0 radical (unpaired) electrons. The molecule has 0 heterocycles.